The fraction of sp³-hybridized carbons (Fsp3) is 0.857. The summed E-state index contributed by atoms with van der Waals surface area (Å²) in [5, 5.41) is 0. The van der Waals surface area contributed by atoms with Crippen LogP contribution in [-0.4, -0.2) is 11.9 Å². The Hall–Kier alpha value is -0.860. The Kier molecular flexibility index (Phi) is 3.28. The third kappa shape index (κ3) is 1.71. The average Bonchev–Trinajstić information content (AvgIpc) is 2.54. The third-order valence-electron chi connectivity index (χ3n) is 5.00. The minimum atomic E-state index is -0.509. The molecule has 2 aliphatic rings. The molecular formula is C14H22O3. The van der Waals surface area contributed by atoms with Gasteiger partial charge in [0.25, 0.3) is 0 Å². The van der Waals surface area contributed by atoms with E-state index in [1.165, 1.54) is 0 Å². The molecule has 0 amide bonds. The topological polar surface area (TPSA) is 43.4 Å². The van der Waals surface area contributed by atoms with E-state index in [2.05, 4.69) is 20.8 Å². The van der Waals surface area contributed by atoms with Crippen molar-refractivity contribution in [3.8, 4) is 0 Å². The lowest BCUT2D eigenvalue weighted by Crippen LogP contribution is -2.46. The predicted octanol–water partition coefficient (Wildman–Crippen LogP) is 2.93. The van der Waals surface area contributed by atoms with Gasteiger partial charge >= 0.3 is 11.9 Å². The molecule has 0 aromatic heterocycles. The second-order valence-electron chi connectivity index (χ2n) is 5.75. The number of hydrogen-bond donors (Lipinski definition) is 0. The van der Waals surface area contributed by atoms with E-state index in [0.717, 1.165) is 32.1 Å². The molecule has 1 heterocycles. The number of carbonyl (C=O) groups excluding carboxylic acids is 2. The number of rotatable bonds is 3. The number of unbranched alkanes of at least 4 members (excludes halogenated alkanes) is 1. The molecule has 0 N–H and O–H groups in total. The number of cyclic esters (lactones) is 2. The van der Waals surface area contributed by atoms with E-state index in [4.69, 9.17) is 4.74 Å². The average molecular weight is 238 g/mol. The molecule has 1 saturated heterocycles. The number of ether oxygens (including phenoxy) is 1. The Morgan fingerprint density at radius 2 is 2.00 bits per heavy atom. The summed E-state index contributed by atoms with van der Waals surface area (Å²) in [6.07, 6.45) is 4.71. The normalized spacial score (nSPS) is 41.2. The molecule has 3 heteroatoms. The molecule has 0 bridgehead atoms. The van der Waals surface area contributed by atoms with Crippen molar-refractivity contribution < 1.29 is 14.3 Å². The fourth-order valence-corrected chi connectivity index (χ4v) is 3.65. The first-order valence-corrected chi connectivity index (χ1v) is 6.80. The van der Waals surface area contributed by atoms with E-state index in [-0.39, 0.29) is 23.8 Å². The van der Waals surface area contributed by atoms with Gasteiger partial charge in [0.2, 0.25) is 0 Å². The van der Waals surface area contributed by atoms with Crippen molar-refractivity contribution in [1.29, 1.82) is 0 Å². The lowest BCUT2D eigenvalue weighted by molar-refractivity contribution is -0.157. The number of carbonyl (C=O) groups is 2. The summed E-state index contributed by atoms with van der Waals surface area (Å²) in [6, 6.07) is 0. The van der Waals surface area contributed by atoms with Crippen molar-refractivity contribution >= 4 is 11.9 Å². The first-order valence-electron chi connectivity index (χ1n) is 6.80. The quantitative estimate of drug-likeness (QED) is 0.561. The van der Waals surface area contributed by atoms with Gasteiger partial charge in [-0.25, -0.2) is 0 Å². The molecule has 4 unspecified atom stereocenters. The van der Waals surface area contributed by atoms with Crippen LogP contribution in [0.1, 0.15) is 52.9 Å². The largest absolute Gasteiger partial charge is 0.392 e. The zero-order valence-corrected chi connectivity index (χ0v) is 11.0. The summed E-state index contributed by atoms with van der Waals surface area (Å²) in [5.41, 5.74) is -0.509. The van der Waals surface area contributed by atoms with Crippen molar-refractivity contribution in [2.24, 2.45) is 23.2 Å². The van der Waals surface area contributed by atoms with Gasteiger partial charge in [-0.3, -0.25) is 9.59 Å². The molecule has 1 aliphatic carbocycles. The standard InChI is InChI=1S/C14H22O3/c1-4-5-8-14-10(3)9(2)6-7-11(14)12(15)17-13(14)16/h9-11H,4-8H2,1-3H3. The van der Waals surface area contributed by atoms with E-state index in [1.54, 1.807) is 0 Å². The molecule has 0 aromatic rings. The molecule has 2 fully saturated rings. The van der Waals surface area contributed by atoms with Gasteiger partial charge < -0.3 is 4.74 Å². The molecule has 0 spiro atoms. The smallest absolute Gasteiger partial charge is 0.320 e. The van der Waals surface area contributed by atoms with E-state index in [1.807, 2.05) is 0 Å². The molecule has 0 radical (unpaired) electrons. The van der Waals surface area contributed by atoms with E-state index >= 15 is 0 Å². The summed E-state index contributed by atoms with van der Waals surface area (Å²) >= 11 is 0. The Morgan fingerprint density at radius 1 is 1.29 bits per heavy atom. The maximum Gasteiger partial charge on any atom is 0.320 e. The van der Waals surface area contributed by atoms with Gasteiger partial charge in [-0.2, -0.15) is 0 Å². The van der Waals surface area contributed by atoms with E-state index < -0.39 is 5.41 Å². The molecular weight excluding hydrogens is 216 g/mol. The second kappa shape index (κ2) is 4.43. The van der Waals surface area contributed by atoms with Crippen molar-refractivity contribution in [1.82, 2.24) is 0 Å². The zero-order valence-electron chi connectivity index (χ0n) is 11.0. The summed E-state index contributed by atoms with van der Waals surface area (Å²) in [4.78, 5) is 24.0. The number of esters is 2. The van der Waals surface area contributed by atoms with Crippen LogP contribution in [0.4, 0.5) is 0 Å². The highest BCUT2D eigenvalue weighted by molar-refractivity contribution is 5.99. The SMILES string of the molecule is CCCCC12C(=O)OC(=O)C1CCC(C)C2C. The molecule has 3 nitrogen and oxygen atoms in total. The van der Waals surface area contributed by atoms with Crippen LogP contribution in [0, 0.1) is 23.2 Å². The van der Waals surface area contributed by atoms with Crippen molar-refractivity contribution in [3.63, 3.8) is 0 Å². The highest BCUT2D eigenvalue weighted by Gasteiger charge is 2.62. The van der Waals surface area contributed by atoms with Crippen LogP contribution in [0.3, 0.4) is 0 Å². The highest BCUT2D eigenvalue weighted by Crippen LogP contribution is 2.55. The van der Waals surface area contributed by atoms with Gasteiger partial charge in [0.15, 0.2) is 0 Å². The van der Waals surface area contributed by atoms with Crippen LogP contribution in [0.15, 0.2) is 0 Å². The molecule has 0 aromatic carbocycles. The maximum absolute atomic E-state index is 12.2. The van der Waals surface area contributed by atoms with Crippen molar-refractivity contribution in [2.75, 3.05) is 0 Å². The predicted molar refractivity (Wildman–Crippen MR) is 64.1 cm³/mol. The van der Waals surface area contributed by atoms with Gasteiger partial charge in [-0.05, 0) is 31.1 Å². The summed E-state index contributed by atoms with van der Waals surface area (Å²) in [5.74, 6) is 0.0610. The third-order valence-corrected chi connectivity index (χ3v) is 5.00. The Labute approximate surface area is 103 Å². The molecule has 17 heavy (non-hydrogen) atoms. The molecule has 4 atom stereocenters. The van der Waals surface area contributed by atoms with Gasteiger partial charge in [-0.1, -0.05) is 33.6 Å². The maximum atomic E-state index is 12.2. The minimum absolute atomic E-state index is 0.173. The molecule has 1 saturated carbocycles. The number of fused-ring (bicyclic) bond motifs is 1. The minimum Gasteiger partial charge on any atom is -0.392 e. The van der Waals surface area contributed by atoms with Crippen LogP contribution < -0.4 is 0 Å². The molecule has 1 aliphatic heterocycles. The first kappa shape index (κ1) is 12.6. The van der Waals surface area contributed by atoms with Gasteiger partial charge in [0, 0.05) is 0 Å². The molecule has 96 valence electrons. The van der Waals surface area contributed by atoms with Crippen LogP contribution in [0.2, 0.25) is 0 Å². The summed E-state index contributed by atoms with van der Waals surface area (Å²) < 4.78 is 4.95. The Morgan fingerprint density at radius 3 is 2.65 bits per heavy atom. The van der Waals surface area contributed by atoms with Gasteiger partial charge in [-0.15, -0.1) is 0 Å². The Balaban J connectivity index is 2.35. The second-order valence-corrected chi connectivity index (χ2v) is 5.75. The summed E-state index contributed by atoms with van der Waals surface area (Å²) in [6.45, 7) is 6.42. The first-order chi connectivity index (χ1) is 8.04. The Bertz CT molecular complexity index is 336. The zero-order chi connectivity index (χ0) is 12.6. The van der Waals surface area contributed by atoms with Crippen molar-refractivity contribution in [2.45, 2.75) is 52.9 Å². The highest BCUT2D eigenvalue weighted by atomic mass is 16.6. The fourth-order valence-electron chi connectivity index (χ4n) is 3.65. The van der Waals surface area contributed by atoms with Crippen molar-refractivity contribution in [3.05, 3.63) is 0 Å². The van der Waals surface area contributed by atoms with Crippen LogP contribution in [0.25, 0.3) is 0 Å². The van der Waals surface area contributed by atoms with Crippen LogP contribution >= 0.6 is 0 Å². The lowest BCUT2D eigenvalue weighted by atomic mass is 9.56. The monoisotopic (exact) mass is 238 g/mol. The number of hydrogen-bond acceptors (Lipinski definition) is 3. The van der Waals surface area contributed by atoms with Crippen LogP contribution in [-0.2, 0) is 14.3 Å². The van der Waals surface area contributed by atoms with E-state index in [0.29, 0.717) is 5.92 Å². The lowest BCUT2D eigenvalue weighted by Gasteiger charge is -2.43. The van der Waals surface area contributed by atoms with Gasteiger partial charge in [0.1, 0.15) is 0 Å². The van der Waals surface area contributed by atoms with E-state index in [9.17, 15) is 9.59 Å². The summed E-state index contributed by atoms with van der Waals surface area (Å²) in [7, 11) is 0. The van der Waals surface area contributed by atoms with Crippen LogP contribution in [0.5, 0.6) is 0 Å². The van der Waals surface area contributed by atoms with Gasteiger partial charge in [0.05, 0.1) is 11.3 Å². The molecule has 2 rings (SSSR count).